The van der Waals surface area contributed by atoms with Crippen LogP contribution in [-0.4, -0.2) is 29.5 Å². The molecule has 8 heteroatoms. The molecule has 1 aliphatic rings. The maximum Gasteiger partial charge on any atom is 0.494 e. The van der Waals surface area contributed by atoms with Crippen molar-refractivity contribution >= 4 is 36.0 Å². The van der Waals surface area contributed by atoms with Crippen LogP contribution in [0, 0.1) is 0 Å². The normalized spacial score (nSPS) is 19.6. The van der Waals surface area contributed by atoms with Gasteiger partial charge in [-0.15, -0.1) is 5.12 Å². The third-order valence-electron chi connectivity index (χ3n) is 3.82. The number of anilines is 1. The molecule has 5 nitrogen and oxygen atoms in total. The van der Waals surface area contributed by atoms with E-state index in [-0.39, 0.29) is 10.7 Å². The van der Waals surface area contributed by atoms with Gasteiger partial charge in [0.15, 0.2) is 0 Å². The maximum absolute atomic E-state index is 13.5. The van der Waals surface area contributed by atoms with Gasteiger partial charge in [-0.3, -0.25) is 0 Å². The molecule has 114 valence electrons. The number of carbonyl (C=O) groups is 1. The van der Waals surface area contributed by atoms with Crippen molar-refractivity contribution in [3.05, 3.63) is 23.2 Å². The van der Waals surface area contributed by atoms with Crippen molar-refractivity contribution in [2.75, 3.05) is 5.12 Å². The van der Waals surface area contributed by atoms with Gasteiger partial charge >= 0.3 is 13.2 Å². The Morgan fingerprint density at radius 1 is 1.24 bits per heavy atom. The molecule has 1 amide bonds. The fraction of sp³-hybridized carbons (Fsp3) is 0.462. The van der Waals surface area contributed by atoms with Crippen molar-refractivity contribution in [3.8, 4) is 0 Å². The smallest absolute Gasteiger partial charge is 0.463 e. The van der Waals surface area contributed by atoms with Crippen LogP contribution in [0.2, 0.25) is 5.02 Å². The number of hydrogen-bond acceptors (Lipinski definition) is 3. The maximum atomic E-state index is 13.5. The number of rotatable bonds is 2. The van der Waals surface area contributed by atoms with Crippen LogP contribution in [0.3, 0.4) is 0 Å². The molecule has 0 unspecified atom stereocenters. The zero-order chi connectivity index (χ0) is 16.0. The topological polar surface area (TPSA) is 59.0 Å². The van der Waals surface area contributed by atoms with Gasteiger partial charge in [0.2, 0.25) is 0 Å². The monoisotopic (exact) mass is 315 g/mol. The Balaban J connectivity index is 2.36. The average Bonchev–Trinajstić information content (AvgIpc) is 2.56. The molecule has 2 rings (SSSR count). The van der Waals surface area contributed by atoms with Crippen LogP contribution < -0.4 is 10.6 Å². The minimum absolute atomic E-state index is 0.195. The van der Waals surface area contributed by atoms with Gasteiger partial charge in [0.05, 0.1) is 16.9 Å². The number of carboxylic acid groups (broad SMARTS) is 1. The lowest BCUT2D eigenvalue weighted by Crippen LogP contribution is -2.41. The molecule has 0 spiro atoms. The van der Waals surface area contributed by atoms with Crippen molar-refractivity contribution in [1.29, 1.82) is 0 Å². The number of benzene rings is 1. The number of hydrogen-bond donors (Lipinski definition) is 1. The summed E-state index contributed by atoms with van der Waals surface area (Å²) in [6.07, 6.45) is -1.72. The quantitative estimate of drug-likeness (QED) is 0.673. The summed E-state index contributed by atoms with van der Waals surface area (Å²) in [5.74, 6) is 0. The van der Waals surface area contributed by atoms with E-state index in [9.17, 15) is 9.28 Å². The molecule has 1 N–H and O–H groups in total. The van der Waals surface area contributed by atoms with E-state index in [0.29, 0.717) is 5.46 Å². The summed E-state index contributed by atoms with van der Waals surface area (Å²) in [6.45, 7) is 7.54. The Morgan fingerprint density at radius 2 is 1.76 bits per heavy atom. The zero-order valence-corrected chi connectivity index (χ0v) is 12.9. The fourth-order valence-electron chi connectivity index (χ4n) is 1.94. The third kappa shape index (κ3) is 3.00. The minimum Gasteiger partial charge on any atom is -0.463 e. The summed E-state index contributed by atoms with van der Waals surface area (Å²) in [5.41, 5.74) is -0.843. The average molecular weight is 316 g/mol. The van der Waals surface area contributed by atoms with Crippen molar-refractivity contribution in [1.82, 2.24) is 0 Å². The summed E-state index contributed by atoms with van der Waals surface area (Å²) in [7, 11) is -0.741. The van der Waals surface area contributed by atoms with Gasteiger partial charge in [0.25, 0.3) is 0 Å². The molecular formula is C13H16BClFNO4. The lowest BCUT2D eigenvalue weighted by atomic mass is 9.79. The molecule has 1 aliphatic heterocycles. The van der Waals surface area contributed by atoms with Gasteiger partial charge in [-0.05, 0) is 51.4 Å². The van der Waals surface area contributed by atoms with Crippen LogP contribution in [0.15, 0.2) is 18.2 Å². The van der Waals surface area contributed by atoms with E-state index in [1.54, 1.807) is 6.07 Å². The number of nitrogens with zero attached hydrogens (tertiary/aromatic N) is 1. The van der Waals surface area contributed by atoms with E-state index in [1.165, 1.54) is 12.1 Å². The highest BCUT2D eigenvalue weighted by molar-refractivity contribution is 6.62. The van der Waals surface area contributed by atoms with Crippen LogP contribution in [0.25, 0.3) is 0 Å². The molecule has 1 fully saturated rings. The van der Waals surface area contributed by atoms with Gasteiger partial charge < -0.3 is 14.4 Å². The first-order chi connectivity index (χ1) is 9.53. The van der Waals surface area contributed by atoms with Crippen molar-refractivity contribution in [3.63, 3.8) is 0 Å². The molecule has 0 aliphatic carbocycles. The van der Waals surface area contributed by atoms with Gasteiger partial charge in [0, 0.05) is 5.02 Å². The summed E-state index contributed by atoms with van der Waals surface area (Å²) >= 11 is 5.92. The van der Waals surface area contributed by atoms with Crippen molar-refractivity contribution < 1.29 is 23.7 Å². The first-order valence-electron chi connectivity index (χ1n) is 6.38. The zero-order valence-electron chi connectivity index (χ0n) is 12.2. The Labute approximate surface area is 127 Å². The largest absolute Gasteiger partial charge is 0.494 e. The van der Waals surface area contributed by atoms with Crippen LogP contribution in [-0.2, 0) is 9.31 Å². The Bertz CT molecular complexity index is 565. The van der Waals surface area contributed by atoms with Gasteiger partial charge in [0.1, 0.15) is 0 Å². The molecule has 0 saturated carbocycles. The highest BCUT2D eigenvalue weighted by Gasteiger charge is 2.51. The van der Waals surface area contributed by atoms with Gasteiger partial charge in [-0.2, -0.15) is 0 Å². The molecule has 1 heterocycles. The number of amides is 1. The first kappa shape index (κ1) is 16.1. The van der Waals surface area contributed by atoms with Crippen LogP contribution in [0.1, 0.15) is 27.7 Å². The van der Waals surface area contributed by atoms with E-state index < -0.39 is 29.5 Å². The predicted molar refractivity (Wildman–Crippen MR) is 78.8 cm³/mol. The summed E-state index contributed by atoms with van der Waals surface area (Å²) in [4.78, 5) is 10.7. The SMILES string of the molecule is CC1(C)OB(c2cc(Cl)cc(N(F)C(=O)O)c2)OC1(C)C. The predicted octanol–water partition coefficient (Wildman–Crippen LogP) is 3.01. The molecule has 21 heavy (non-hydrogen) atoms. The minimum atomic E-state index is -1.72. The second kappa shape index (κ2) is 5.16. The molecule has 1 aromatic carbocycles. The van der Waals surface area contributed by atoms with Crippen LogP contribution >= 0.6 is 11.6 Å². The van der Waals surface area contributed by atoms with E-state index in [1.807, 2.05) is 27.7 Å². The second-order valence-electron chi connectivity index (χ2n) is 5.89. The highest BCUT2D eigenvalue weighted by Crippen LogP contribution is 2.37. The Morgan fingerprint density at radius 3 is 2.24 bits per heavy atom. The lowest BCUT2D eigenvalue weighted by Gasteiger charge is -2.32. The van der Waals surface area contributed by atoms with Gasteiger partial charge in [-0.1, -0.05) is 16.1 Å². The second-order valence-corrected chi connectivity index (χ2v) is 6.33. The van der Waals surface area contributed by atoms with Crippen LogP contribution in [0.5, 0.6) is 0 Å². The molecule has 1 saturated heterocycles. The summed E-state index contributed by atoms with van der Waals surface area (Å²) in [6, 6.07) is 4.11. The van der Waals surface area contributed by atoms with E-state index in [4.69, 9.17) is 26.0 Å². The van der Waals surface area contributed by atoms with Crippen molar-refractivity contribution in [2.45, 2.75) is 38.9 Å². The third-order valence-corrected chi connectivity index (χ3v) is 4.04. The Hall–Kier alpha value is -1.31. The standard InChI is InChI=1S/C13H16BClFNO4/c1-12(2)13(3,4)21-14(20-12)8-5-9(15)7-10(6-8)17(16)11(18)19/h5-7H,1-4H3,(H,18,19). The van der Waals surface area contributed by atoms with E-state index in [2.05, 4.69) is 0 Å². The van der Waals surface area contributed by atoms with Crippen molar-refractivity contribution in [2.24, 2.45) is 0 Å². The lowest BCUT2D eigenvalue weighted by molar-refractivity contribution is 0.00578. The summed E-state index contributed by atoms with van der Waals surface area (Å²) < 4.78 is 25.2. The molecule has 0 aromatic heterocycles. The van der Waals surface area contributed by atoms with Crippen LogP contribution in [0.4, 0.5) is 15.0 Å². The molecule has 0 radical (unpaired) electrons. The highest BCUT2D eigenvalue weighted by atomic mass is 35.5. The summed E-state index contributed by atoms with van der Waals surface area (Å²) in [5, 5.41) is 8.49. The first-order valence-corrected chi connectivity index (χ1v) is 6.76. The molecule has 1 aromatic rings. The fourth-order valence-corrected chi connectivity index (χ4v) is 2.17. The van der Waals surface area contributed by atoms with Gasteiger partial charge in [-0.25, -0.2) is 4.79 Å². The van der Waals surface area contributed by atoms with E-state index >= 15 is 0 Å². The van der Waals surface area contributed by atoms with E-state index in [0.717, 1.165) is 0 Å². The molecule has 0 bridgehead atoms. The number of halogens is 2. The molecule has 0 atom stereocenters. The Kier molecular flexibility index (Phi) is 3.95. The molecular weight excluding hydrogens is 299 g/mol.